The van der Waals surface area contributed by atoms with Crippen LogP contribution in [0.5, 0.6) is 0 Å². The molecule has 2 aliphatic rings. The van der Waals surface area contributed by atoms with E-state index in [9.17, 15) is 24.3 Å². The lowest BCUT2D eigenvalue weighted by atomic mass is 10.00. The van der Waals surface area contributed by atoms with Gasteiger partial charge in [-0.15, -0.1) is 0 Å². The van der Waals surface area contributed by atoms with Gasteiger partial charge in [-0.3, -0.25) is 9.59 Å². The molecule has 4 heterocycles. The Morgan fingerprint density at radius 3 is 1.72 bits per heavy atom. The summed E-state index contributed by atoms with van der Waals surface area (Å²) in [6.07, 6.45) is -0.180. The van der Waals surface area contributed by atoms with Crippen LogP contribution in [0.4, 0.5) is 9.59 Å². The molecule has 2 aliphatic heterocycles. The highest BCUT2D eigenvalue weighted by Gasteiger charge is 2.40. The summed E-state index contributed by atoms with van der Waals surface area (Å²) < 4.78 is 15.5. The van der Waals surface area contributed by atoms with E-state index < -0.39 is 36.5 Å². The van der Waals surface area contributed by atoms with Crippen molar-refractivity contribution in [1.82, 2.24) is 40.4 Å². The molecule has 0 bridgehead atoms. The molecule has 0 spiro atoms. The number of alkyl carbamates (subject to hydrolysis) is 1. The number of amides is 4. The van der Waals surface area contributed by atoms with Crippen molar-refractivity contribution in [2.45, 2.75) is 75.9 Å². The van der Waals surface area contributed by atoms with Crippen molar-refractivity contribution in [3.05, 3.63) is 72.3 Å². The highest BCUT2D eigenvalue weighted by molar-refractivity contribution is 5.88. The topological polar surface area (TPSA) is 204 Å². The van der Waals surface area contributed by atoms with Gasteiger partial charge < -0.3 is 49.7 Å². The van der Waals surface area contributed by atoms with Crippen molar-refractivity contribution >= 4 is 46.1 Å². The number of hydrogen-bond donors (Lipinski definition) is 5. The summed E-state index contributed by atoms with van der Waals surface area (Å²) in [5, 5.41) is 14.3. The number of fused-ring (bicyclic) bond motifs is 2. The lowest BCUT2D eigenvalue weighted by molar-refractivity contribution is -0.138. The molecule has 0 saturated carbocycles. The van der Waals surface area contributed by atoms with Crippen molar-refractivity contribution in [3.63, 3.8) is 0 Å². The highest BCUT2D eigenvalue weighted by atomic mass is 16.5. The number of likely N-dealkylation sites (tertiary alicyclic amines) is 2. The Hall–Kier alpha value is -6.00. The lowest BCUT2D eigenvalue weighted by Crippen LogP contribution is -2.54. The zero-order valence-electron chi connectivity index (χ0n) is 32.6. The summed E-state index contributed by atoms with van der Waals surface area (Å²) in [5.41, 5.74) is 7.27. The first-order chi connectivity index (χ1) is 27.5. The van der Waals surface area contributed by atoms with Crippen LogP contribution in [0.1, 0.15) is 63.3 Å². The Morgan fingerprint density at radius 1 is 0.684 bits per heavy atom. The highest BCUT2D eigenvalue weighted by Crippen LogP contribution is 2.36. The number of imidazole rings is 2. The molecule has 0 aliphatic carbocycles. The summed E-state index contributed by atoms with van der Waals surface area (Å²) in [7, 11) is 4.20. The molecule has 6 atom stereocenters. The normalized spacial score (nSPS) is 19.0. The van der Waals surface area contributed by atoms with Gasteiger partial charge in [0.1, 0.15) is 23.7 Å². The van der Waals surface area contributed by atoms with Crippen molar-refractivity contribution in [2.24, 2.45) is 0 Å². The van der Waals surface area contributed by atoms with Crippen LogP contribution in [0.15, 0.2) is 60.7 Å². The SMILES string of the molecule is COC(=O)N[C@H](C(=O)N1CCCC1c1nc2cc(-c3ccc(-c4ccc5nc(C6CCCN6C(=O)C(NC(=O)O)C(C)OC)[nH]c5c4)cc3)ccc2[nH]1)C(C)OC. The third-order valence-electron chi connectivity index (χ3n) is 11.2. The fourth-order valence-corrected chi connectivity index (χ4v) is 7.92. The molecular weight excluding hydrogens is 732 g/mol. The number of hydrogen-bond acceptors (Lipinski definition) is 9. The Bertz CT molecular complexity index is 2270. The number of ether oxygens (including phenoxy) is 3. The first kappa shape index (κ1) is 39.2. The summed E-state index contributed by atoms with van der Waals surface area (Å²) in [6, 6.07) is 17.8. The maximum Gasteiger partial charge on any atom is 0.407 e. The number of methoxy groups -OCH3 is 3. The van der Waals surface area contributed by atoms with E-state index in [4.69, 9.17) is 24.2 Å². The van der Waals surface area contributed by atoms with Gasteiger partial charge in [0.25, 0.3) is 0 Å². The molecule has 5 unspecified atom stereocenters. The number of carbonyl (C=O) groups excluding carboxylic acids is 3. The number of carboxylic acid groups (broad SMARTS) is 1. The molecule has 300 valence electrons. The molecule has 4 amide bonds. The molecular formula is C41H48N8O8. The van der Waals surface area contributed by atoms with E-state index in [1.807, 2.05) is 36.4 Å². The average Bonchev–Trinajstić information content (AvgIpc) is 4.06. The van der Waals surface area contributed by atoms with E-state index in [-0.39, 0.29) is 23.9 Å². The minimum Gasteiger partial charge on any atom is -0.465 e. The Morgan fingerprint density at radius 2 is 1.18 bits per heavy atom. The maximum absolute atomic E-state index is 13.7. The van der Waals surface area contributed by atoms with Crippen molar-refractivity contribution < 1.29 is 38.5 Å². The molecule has 5 N–H and O–H groups in total. The first-order valence-electron chi connectivity index (χ1n) is 19.1. The maximum atomic E-state index is 13.7. The molecule has 3 aromatic carbocycles. The number of H-pyrrole nitrogens is 2. The number of carbonyl (C=O) groups is 4. The van der Waals surface area contributed by atoms with Crippen LogP contribution < -0.4 is 10.6 Å². The van der Waals surface area contributed by atoms with Crippen LogP contribution in [0, 0.1) is 0 Å². The molecule has 57 heavy (non-hydrogen) atoms. The zero-order chi connectivity index (χ0) is 40.4. The van der Waals surface area contributed by atoms with E-state index >= 15 is 0 Å². The van der Waals surface area contributed by atoms with E-state index in [0.29, 0.717) is 31.2 Å². The van der Waals surface area contributed by atoms with Gasteiger partial charge in [0.05, 0.1) is 53.5 Å². The molecule has 16 heteroatoms. The van der Waals surface area contributed by atoms with E-state index in [1.165, 1.54) is 21.3 Å². The molecule has 5 aromatic rings. The second-order valence-corrected chi connectivity index (χ2v) is 14.6. The monoisotopic (exact) mass is 780 g/mol. The van der Waals surface area contributed by atoms with Crippen LogP contribution in [0.2, 0.25) is 0 Å². The Kier molecular flexibility index (Phi) is 11.4. The second-order valence-electron chi connectivity index (χ2n) is 14.6. The first-order valence-corrected chi connectivity index (χ1v) is 19.1. The van der Waals surface area contributed by atoms with Gasteiger partial charge in [-0.1, -0.05) is 36.4 Å². The van der Waals surface area contributed by atoms with Crippen LogP contribution >= 0.6 is 0 Å². The van der Waals surface area contributed by atoms with Gasteiger partial charge in [-0.2, -0.15) is 0 Å². The summed E-state index contributed by atoms with van der Waals surface area (Å²) in [4.78, 5) is 70.8. The minimum atomic E-state index is -1.28. The van der Waals surface area contributed by atoms with Gasteiger partial charge >= 0.3 is 12.2 Å². The van der Waals surface area contributed by atoms with Crippen LogP contribution in [-0.2, 0) is 23.8 Å². The van der Waals surface area contributed by atoms with Gasteiger partial charge in [0.2, 0.25) is 11.8 Å². The van der Waals surface area contributed by atoms with Gasteiger partial charge in [0, 0.05) is 27.3 Å². The molecule has 2 aromatic heterocycles. The predicted molar refractivity (Wildman–Crippen MR) is 211 cm³/mol. The number of aromatic nitrogens is 4. The number of rotatable bonds is 12. The number of aromatic amines is 2. The van der Waals surface area contributed by atoms with E-state index in [2.05, 4.69) is 44.9 Å². The predicted octanol–water partition coefficient (Wildman–Crippen LogP) is 5.53. The zero-order valence-corrected chi connectivity index (χ0v) is 32.6. The van der Waals surface area contributed by atoms with E-state index in [0.717, 1.165) is 63.6 Å². The molecule has 7 rings (SSSR count). The largest absolute Gasteiger partial charge is 0.465 e. The molecule has 2 saturated heterocycles. The van der Waals surface area contributed by atoms with Gasteiger partial charge in [0.15, 0.2) is 0 Å². The summed E-state index contributed by atoms with van der Waals surface area (Å²) in [6.45, 7) is 4.42. The van der Waals surface area contributed by atoms with Crippen molar-refractivity contribution in [3.8, 4) is 22.3 Å². The third-order valence-corrected chi connectivity index (χ3v) is 11.2. The Labute approximate surface area is 329 Å². The smallest absolute Gasteiger partial charge is 0.407 e. The molecule has 16 nitrogen and oxygen atoms in total. The second kappa shape index (κ2) is 16.6. The fourth-order valence-electron chi connectivity index (χ4n) is 7.92. The molecule has 0 radical (unpaired) electrons. The average molecular weight is 781 g/mol. The fraction of sp³-hybridized carbons (Fsp3) is 0.415. The minimum absolute atomic E-state index is 0.253. The third kappa shape index (κ3) is 8.00. The standard InChI is InChI=1S/C41H48N8O8/c1-22(55-3)34(46-40(52)53)38(50)48-18-6-8-32(48)36-42-28-16-14-26(20-30(28)44-36)24-10-12-25(13-11-24)27-15-17-29-31(21-27)45-37(43-29)33-9-7-19-49(33)39(51)35(23(2)56-4)47-41(54)57-5/h10-17,20-23,32-35,46H,6-9,18-19H2,1-5H3,(H,42,44)(H,43,45)(H,47,54)(H,52,53)/t22?,23?,32?,33?,34?,35-/m0/s1. The van der Waals surface area contributed by atoms with Crippen molar-refractivity contribution in [2.75, 3.05) is 34.4 Å². The summed E-state index contributed by atoms with van der Waals surface area (Å²) >= 11 is 0. The Balaban J connectivity index is 1.07. The van der Waals surface area contributed by atoms with E-state index in [1.54, 1.807) is 23.6 Å². The quantitative estimate of drug-likeness (QED) is 0.107. The van der Waals surface area contributed by atoms with Crippen LogP contribution in [0.3, 0.4) is 0 Å². The number of benzene rings is 3. The lowest BCUT2D eigenvalue weighted by Gasteiger charge is -2.30. The summed E-state index contributed by atoms with van der Waals surface area (Å²) in [5.74, 6) is 0.755. The number of nitrogens with zero attached hydrogens (tertiary/aromatic N) is 4. The van der Waals surface area contributed by atoms with Crippen molar-refractivity contribution in [1.29, 1.82) is 0 Å². The molecule has 2 fully saturated rings. The van der Waals surface area contributed by atoms with Crippen LogP contribution in [0.25, 0.3) is 44.3 Å². The van der Waals surface area contributed by atoms with Gasteiger partial charge in [-0.25, -0.2) is 19.6 Å². The number of nitrogens with one attached hydrogen (secondary N) is 4. The van der Waals surface area contributed by atoms with Crippen LogP contribution in [-0.4, -0.2) is 118 Å². The van der Waals surface area contributed by atoms with Gasteiger partial charge in [-0.05, 0) is 86.1 Å².